The zero-order valence-electron chi connectivity index (χ0n) is 13.3. The molecule has 1 N–H and O–H groups in total. The van der Waals surface area contributed by atoms with E-state index in [0.29, 0.717) is 11.6 Å². The third-order valence-electron chi connectivity index (χ3n) is 3.79. The van der Waals surface area contributed by atoms with Crippen molar-refractivity contribution in [2.45, 2.75) is 38.6 Å². The van der Waals surface area contributed by atoms with Gasteiger partial charge < -0.3 is 10.2 Å². The first-order chi connectivity index (χ1) is 11.1. The highest BCUT2D eigenvalue weighted by atomic mass is 32.1. The second kappa shape index (κ2) is 6.99. The van der Waals surface area contributed by atoms with E-state index < -0.39 is 0 Å². The number of carbonyl (C=O) groups is 1. The van der Waals surface area contributed by atoms with Gasteiger partial charge >= 0.3 is 0 Å². The van der Waals surface area contributed by atoms with Gasteiger partial charge in [0.05, 0.1) is 0 Å². The number of aromatic nitrogens is 4. The van der Waals surface area contributed by atoms with Crippen molar-refractivity contribution in [3.8, 4) is 0 Å². The topological polar surface area (TPSA) is 83.9 Å². The van der Waals surface area contributed by atoms with Gasteiger partial charge in [0.1, 0.15) is 17.8 Å². The normalized spacial score (nSPS) is 18.2. The second-order valence-corrected chi connectivity index (χ2v) is 6.67. The van der Waals surface area contributed by atoms with E-state index >= 15 is 0 Å². The molecule has 1 amide bonds. The number of rotatable bonds is 4. The quantitative estimate of drug-likeness (QED) is 0.920. The Bertz CT molecular complexity index is 659. The monoisotopic (exact) mass is 332 g/mol. The van der Waals surface area contributed by atoms with Crippen molar-refractivity contribution < 1.29 is 4.79 Å². The summed E-state index contributed by atoms with van der Waals surface area (Å²) in [5.74, 6) is 1.06. The molecule has 122 valence electrons. The molecule has 0 bridgehead atoms. The summed E-state index contributed by atoms with van der Waals surface area (Å²) in [6.07, 6.45) is 4.94. The fraction of sp³-hybridized carbons (Fsp3) is 0.533. The predicted molar refractivity (Wildman–Crippen MR) is 88.7 cm³/mol. The Labute approximate surface area is 139 Å². The van der Waals surface area contributed by atoms with Crippen LogP contribution in [0.2, 0.25) is 0 Å². The highest BCUT2D eigenvalue weighted by molar-refractivity contribution is 7.09. The van der Waals surface area contributed by atoms with Gasteiger partial charge in [-0.1, -0.05) is 13.8 Å². The fourth-order valence-electron chi connectivity index (χ4n) is 2.54. The number of hydrogen-bond donors (Lipinski definition) is 1. The number of carbonyl (C=O) groups excluding carboxylic acids is 1. The predicted octanol–water partition coefficient (Wildman–Crippen LogP) is 1.85. The summed E-state index contributed by atoms with van der Waals surface area (Å²) in [5, 5.41) is 3.99. The molecule has 1 aliphatic rings. The Morgan fingerprint density at radius 3 is 3.04 bits per heavy atom. The molecule has 2 aromatic rings. The third-order valence-corrected chi connectivity index (χ3v) is 4.58. The summed E-state index contributed by atoms with van der Waals surface area (Å²) in [4.78, 5) is 26.8. The van der Waals surface area contributed by atoms with Crippen molar-refractivity contribution in [2.75, 3.05) is 18.0 Å². The van der Waals surface area contributed by atoms with Gasteiger partial charge in [-0.3, -0.25) is 4.79 Å². The number of nitrogens with zero attached hydrogens (tertiary/aromatic N) is 5. The SMILES string of the molecule is CC(C)c1nsc(N2CCCC(NC(=O)c3ccncn3)C2)n1. The van der Waals surface area contributed by atoms with E-state index in [1.54, 1.807) is 12.3 Å². The average Bonchev–Trinajstić information content (AvgIpc) is 3.06. The number of nitrogens with one attached hydrogen (secondary N) is 1. The lowest BCUT2D eigenvalue weighted by Gasteiger charge is -2.32. The van der Waals surface area contributed by atoms with Crippen molar-refractivity contribution in [3.05, 3.63) is 30.1 Å². The molecule has 0 radical (unpaired) electrons. The van der Waals surface area contributed by atoms with Crippen LogP contribution < -0.4 is 10.2 Å². The van der Waals surface area contributed by atoms with Gasteiger partial charge in [0.25, 0.3) is 5.91 Å². The highest BCUT2D eigenvalue weighted by Crippen LogP contribution is 2.24. The van der Waals surface area contributed by atoms with Gasteiger partial charge in [-0.2, -0.15) is 4.37 Å². The summed E-state index contributed by atoms with van der Waals surface area (Å²) in [6.45, 7) is 5.88. The van der Waals surface area contributed by atoms with Gasteiger partial charge in [0, 0.05) is 42.8 Å². The molecule has 1 unspecified atom stereocenters. The van der Waals surface area contributed by atoms with E-state index in [-0.39, 0.29) is 11.9 Å². The average molecular weight is 332 g/mol. The van der Waals surface area contributed by atoms with Crippen LogP contribution >= 0.6 is 11.5 Å². The van der Waals surface area contributed by atoms with E-state index in [1.165, 1.54) is 17.9 Å². The molecule has 0 spiro atoms. The molecular formula is C15H20N6OS. The van der Waals surface area contributed by atoms with Crippen molar-refractivity contribution in [2.24, 2.45) is 0 Å². The Hall–Kier alpha value is -2.09. The minimum absolute atomic E-state index is 0.0950. The molecule has 0 saturated carbocycles. The van der Waals surface area contributed by atoms with Crippen LogP contribution in [0.25, 0.3) is 0 Å². The van der Waals surface area contributed by atoms with E-state index in [4.69, 9.17) is 0 Å². The van der Waals surface area contributed by atoms with Gasteiger partial charge in [0.2, 0.25) is 5.13 Å². The van der Waals surface area contributed by atoms with Crippen LogP contribution in [0.4, 0.5) is 5.13 Å². The minimum Gasteiger partial charge on any atom is -0.346 e. The summed E-state index contributed by atoms with van der Waals surface area (Å²) in [5.41, 5.74) is 0.398. The summed E-state index contributed by atoms with van der Waals surface area (Å²) in [7, 11) is 0. The van der Waals surface area contributed by atoms with E-state index in [9.17, 15) is 4.79 Å². The molecule has 7 nitrogen and oxygen atoms in total. The first-order valence-electron chi connectivity index (χ1n) is 7.79. The Morgan fingerprint density at radius 1 is 1.48 bits per heavy atom. The number of hydrogen-bond acceptors (Lipinski definition) is 7. The molecule has 1 atom stereocenters. The van der Waals surface area contributed by atoms with Gasteiger partial charge in [0.15, 0.2) is 0 Å². The molecule has 0 aliphatic carbocycles. The summed E-state index contributed by atoms with van der Waals surface area (Å²) < 4.78 is 4.41. The molecule has 8 heteroatoms. The van der Waals surface area contributed by atoms with E-state index in [1.807, 2.05) is 0 Å². The molecule has 0 aromatic carbocycles. The molecule has 1 saturated heterocycles. The molecular weight excluding hydrogens is 312 g/mol. The lowest BCUT2D eigenvalue weighted by Crippen LogP contribution is -2.48. The summed E-state index contributed by atoms with van der Waals surface area (Å²) in [6, 6.07) is 1.72. The third kappa shape index (κ3) is 3.82. The lowest BCUT2D eigenvalue weighted by atomic mass is 10.1. The van der Waals surface area contributed by atoms with E-state index in [2.05, 4.69) is 43.4 Å². The molecule has 1 fully saturated rings. The smallest absolute Gasteiger partial charge is 0.270 e. The van der Waals surface area contributed by atoms with Crippen molar-refractivity contribution in [1.29, 1.82) is 0 Å². The molecule has 1 aliphatic heterocycles. The van der Waals surface area contributed by atoms with Gasteiger partial charge in [-0.15, -0.1) is 0 Å². The van der Waals surface area contributed by atoms with E-state index in [0.717, 1.165) is 36.9 Å². The van der Waals surface area contributed by atoms with Crippen LogP contribution in [0.1, 0.15) is 48.9 Å². The van der Waals surface area contributed by atoms with Crippen LogP contribution in [-0.2, 0) is 0 Å². The second-order valence-electron chi connectivity index (χ2n) is 5.94. The zero-order valence-corrected chi connectivity index (χ0v) is 14.1. The molecule has 2 aromatic heterocycles. The molecule has 3 rings (SSSR count). The number of piperidine rings is 1. The first-order valence-corrected chi connectivity index (χ1v) is 8.56. The van der Waals surface area contributed by atoms with Crippen LogP contribution in [0.15, 0.2) is 18.6 Å². The zero-order chi connectivity index (χ0) is 16.2. The number of anilines is 1. The Morgan fingerprint density at radius 2 is 2.35 bits per heavy atom. The van der Waals surface area contributed by atoms with Crippen LogP contribution in [-0.4, -0.2) is 44.4 Å². The largest absolute Gasteiger partial charge is 0.346 e. The first kappa shape index (κ1) is 15.8. The fourth-order valence-corrected chi connectivity index (χ4v) is 3.38. The van der Waals surface area contributed by atoms with Crippen molar-refractivity contribution in [1.82, 2.24) is 24.6 Å². The molecule has 23 heavy (non-hydrogen) atoms. The Kier molecular flexibility index (Phi) is 4.80. The maximum atomic E-state index is 12.2. The van der Waals surface area contributed by atoms with Gasteiger partial charge in [-0.05, 0) is 18.9 Å². The van der Waals surface area contributed by atoms with Gasteiger partial charge in [-0.25, -0.2) is 15.0 Å². The maximum absolute atomic E-state index is 12.2. The van der Waals surface area contributed by atoms with Crippen molar-refractivity contribution in [3.63, 3.8) is 0 Å². The van der Waals surface area contributed by atoms with Crippen molar-refractivity contribution >= 4 is 22.6 Å². The maximum Gasteiger partial charge on any atom is 0.270 e. The van der Waals surface area contributed by atoms with Crippen LogP contribution in [0.5, 0.6) is 0 Å². The number of amides is 1. The lowest BCUT2D eigenvalue weighted by molar-refractivity contribution is 0.0928. The highest BCUT2D eigenvalue weighted by Gasteiger charge is 2.24. The van der Waals surface area contributed by atoms with Crippen LogP contribution in [0, 0.1) is 0 Å². The standard InChI is InChI=1S/C15H20N6OS/c1-10(2)13-19-15(23-20-13)21-7-3-4-11(8-21)18-14(22)12-5-6-16-9-17-12/h5-6,9-11H,3-4,7-8H2,1-2H3,(H,18,22). The summed E-state index contributed by atoms with van der Waals surface area (Å²) >= 11 is 1.43. The minimum atomic E-state index is -0.153. The Balaban J connectivity index is 1.62. The van der Waals surface area contributed by atoms with Crippen LogP contribution in [0.3, 0.4) is 0 Å². The molecule has 3 heterocycles.